The second-order valence-electron chi connectivity index (χ2n) is 18.3. The van der Waals surface area contributed by atoms with E-state index in [0.29, 0.717) is 10.8 Å². The molecule has 2 radical (unpaired) electrons. The van der Waals surface area contributed by atoms with Gasteiger partial charge in [-0.3, -0.25) is 0 Å². The van der Waals surface area contributed by atoms with Gasteiger partial charge in [-0.15, -0.1) is 93.9 Å². The number of halogens is 2. The average molecular weight is 981 g/mol. The Balaban J connectivity index is 0.000000255. The molecular formula is C60H70Cl2SiZr-4. The number of hydrogen-bond acceptors (Lipinski definition) is 0. The van der Waals surface area contributed by atoms with E-state index in [9.17, 15) is 0 Å². The maximum atomic E-state index is 3.06. The van der Waals surface area contributed by atoms with E-state index in [2.05, 4.69) is 166 Å². The van der Waals surface area contributed by atoms with Gasteiger partial charge in [-0.2, -0.15) is 12.1 Å². The van der Waals surface area contributed by atoms with E-state index in [0.717, 1.165) is 0 Å². The van der Waals surface area contributed by atoms with Crippen LogP contribution in [0.3, 0.4) is 0 Å². The molecule has 0 unspecified atom stereocenters. The fraction of sp³-hybridized carbons (Fsp3) is 0.333. The molecule has 0 spiro atoms. The summed E-state index contributed by atoms with van der Waals surface area (Å²) >= 11 is 1.36. The summed E-state index contributed by atoms with van der Waals surface area (Å²) in [5, 5.41) is 10.9. The summed E-state index contributed by atoms with van der Waals surface area (Å²) in [6, 6.07) is 54.4. The fourth-order valence-corrected chi connectivity index (χ4v) is 11.3. The summed E-state index contributed by atoms with van der Waals surface area (Å²) in [5.41, 5.74) is 9.55. The monoisotopic (exact) mass is 978 g/mol. The molecule has 0 bridgehead atoms. The third-order valence-corrected chi connectivity index (χ3v) is 14.8. The van der Waals surface area contributed by atoms with Crippen molar-refractivity contribution in [3.63, 3.8) is 0 Å². The van der Waals surface area contributed by atoms with Crippen LogP contribution >= 0.6 is 24.8 Å². The first-order valence-electron chi connectivity index (χ1n) is 23.1. The topological polar surface area (TPSA) is 0 Å². The van der Waals surface area contributed by atoms with Gasteiger partial charge in [0.1, 0.15) is 0 Å². The summed E-state index contributed by atoms with van der Waals surface area (Å²) < 4.78 is 0. The van der Waals surface area contributed by atoms with Gasteiger partial charge in [-0.05, 0) is 82.0 Å². The van der Waals surface area contributed by atoms with Crippen molar-refractivity contribution in [3.05, 3.63) is 172 Å². The minimum absolute atomic E-state index is 0. The van der Waals surface area contributed by atoms with Crippen molar-refractivity contribution >= 4 is 74.8 Å². The van der Waals surface area contributed by atoms with E-state index >= 15 is 0 Å². The zero-order chi connectivity index (χ0) is 41.4. The quantitative estimate of drug-likeness (QED) is 0.0809. The first-order valence-corrected chi connectivity index (χ1v) is 27.3. The van der Waals surface area contributed by atoms with Crippen molar-refractivity contribution in [2.45, 2.75) is 117 Å². The van der Waals surface area contributed by atoms with Gasteiger partial charge in [0.05, 0.1) is 0 Å². The van der Waals surface area contributed by atoms with Gasteiger partial charge in [0, 0.05) is 0 Å². The average Bonchev–Trinajstić information content (AvgIpc) is 3.73. The van der Waals surface area contributed by atoms with E-state index in [1.54, 1.807) is 0 Å². The molecule has 8 aromatic rings. The first kappa shape index (κ1) is 53.4. The molecule has 0 N–H and O–H groups in total. The predicted octanol–water partition coefficient (Wildman–Crippen LogP) is 18.7. The Hall–Kier alpha value is -3.26. The van der Waals surface area contributed by atoms with E-state index in [1.807, 2.05) is 0 Å². The van der Waals surface area contributed by atoms with Crippen molar-refractivity contribution in [3.8, 4) is 22.3 Å². The number of fused-ring (bicyclic) bond motifs is 4. The van der Waals surface area contributed by atoms with E-state index < -0.39 is 0 Å². The van der Waals surface area contributed by atoms with Crippen LogP contribution in [0.5, 0.6) is 0 Å². The van der Waals surface area contributed by atoms with Crippen molar-refractivity contribution in [1.29, 1.82) is 0 Å². The van der Waals surface area contributed by atoms with E-state index in [1.165, 1.54) is 203 Å². The molecule has 0 saturated heterocycles. The summed E-state index contributed by atoms with van der Waals surface area (Å²) in [4.78, 5) is 0. The van der Waals surface area contributed by atoms with Gasteiger partial charge < -0.3 is 14.9 Å². The molecule has 2 aliphatic rings. The SMILES string of the molecule is CCC1(Cc2cc3c(-c4cccc5ccccc45)cccc3[cH-]2)CCCCCC1.CCC1(Cc2cc3c(-c4cccc5ccccc45)cccc3[cH-]2)CCCCCC1.Cl.Cl.[CH3-].[CH3-].[Si]=[Zr]. The molecule has 0 atom stereocenters. The predicted molar refractivity (Wildman–Crippen MR) is 286 cm³/mol. The molecule has 2 saturated carbocycles. The molecule has 336 valence electrons. The number of rotatable bonds is 8. The molecule has 10 rings (SSSR count). The maximum absolute atomic E-state index is 3.06. The van der Waals surface area contributed by atoms with Crippen molar-refractivity contribution < 1.29 is 23.3 Å². The Bertz CT molecular complexity index is 2460. The molecule has 0 aliphatic heterocycles. The molecule has 2 aliphatic carbocycles. The van der Waals surface area contributed by atoms with Crippen molar-refractivity contribution in [1.82, 2.24) is 0 Å². The third kappa shape index (κ3) is 11.8. The summed E-state index contributed by atoms with van der Waals surface area (Å²) in [5.74, 6) is 0. The van der Waals surface area contributed by atoms with Gasteiger partial charge in [0.25, 0.3) is 0 Å². The van der Waals surface area contributed by atoms with Gasteiger partial charge in [-0.1, -0.05) is 186 Å². The zero-order valence-electron chi connectivity index (χ0n) is 39.0. The summed E-state index contributed by atoms with van der Waals surface area (Å²) in [7, 11) is 0. The molecule has 4 heteroatoms. The molecular weight excluding hydrogens is 911 g/mol. The minimum atomic E-state index is 0. The molecule has 0 aromatic heterocycles. The Kier molecular flexibility index (Phi) is 20.9. The van der Waals surface area contributed by atoms with Gasteiger partial charge in [0.2, 0.25) is 0 Å². The van der Waals surface area contributed by atoms with Crippen LogP contribution in [0.4, 0.5) is 0 Å². The number of hydrogen-bond donors (Lipinski definition) is 0. The Morgan fingerprint density at radius 1 is 0.422 bits per heavy atom. The van der Waals surface area contributed by atoms with Crippen LogP contribution in [0.2, 0.25) is 0 Å². The molecule has 64 heavy (non-hydrogen) atoms. The Labute approximate surface area is 416 Å². The van der Waals surface area contributed by atoms with Crippen LogP contribution in [-0.4, -0.2) is 6.88 Å². The zero-order valence-corrected chi connectivity index (χ0v) is 44.1. The van der Waals surface area contributed by atoms with Crippen LogP contribution in [0.15, 0.2) is 146 Å². The Morgan fingerprint density at radius 2 is 0.734 bits per heavy atom. The standard InChI is InChI=1S/2C29H31.2CH3.2ClH.Si.Zr/c2*1-2-29(17-7-3-4-8-18-29)21-22-19-24-13-10-16-27(28(24)20-22)26-15-9-12-23-11-5-6-14-25(23)26;;;;;;/h2*5-6,9-16,19-20H,2-4,7-8,17-18,21H2,1H3;2*1H3;2*1H;;/q4*-1;;;;. The molecule has 0 amide bonds. The number of benzene rings is 6. The second kappa shape index (κ2) is 25.0. The molecule has 8 aromatic carbocycles. The van der Waals surface area contributed by atoms with Crippen LogP contribution in [0, 0.1) is 25.7 Å². The Morgan fingerprint density at radius 3 is 1.09 bits per heavy atom. The van der Waals surface area contributed by atoms with Gasteiger partial charge >= 0.3 is 30.2 Å². The van der Waals surface area contributed by atoms with Gasteiger partial charge in [0.15, 0.2) is 0 Å². The normalized spacial score (nSPS) is 15.3. The van der Waals surface area contributed by atoms with Crippen molar-refractivity contribution in [2.75, 3.05) is 0 Å². The molecule has 0 nitrogen and oxygen atoms in total. The summed E-state index contributed by atoms with van der Waals surface area (Å²) in [6.45, 7) is 7.89. The fourth-order valence-electron chi connectivity index (χ4n) is 11.3. The molecule has 2 fully saturated rings. The van der Waals surface area contributed by atoms with Crippen LogP contribution in [0.1, 0.15) is 115 Å². The van der Waals surface area contributed by atoms with Crippen LogP contribution < -0.4 is 0 Å². The summed E-state index contributed by atoms with van der Waals surface area (Å²) in [6.07, 6.45) is 22.1. The second-order valence-corrected chi connectivity index (χ2v) is 18.3. The van der Waals surface area contributed by atoms with Crippen LogP contribution in [-0.2, 0) is 36.2 Å². The van der Waals surface area contributed by atoms with E-state index in [4.69, 9.17) is 0 Å². The van der Waals surface area contributed by atoms with Crippen molar-refractivity contribution in [2.24, 2.45) is 10.8 Å². The first-order chi connectivity index (χ1) is 29.6. The van der Waals surface area contributed by atoms with Gasteiger partial charge in [-0.25, -0.2) is 0 Å². The van der Waals surface area contributed by atoms with E-state index in [-0.39, 0.29) is 39.7 Å². The third-order valence-electron chi connectivity index (χ3n) is 14.8. The van der Waals surface area contributed by atoms with Crippen LogP contribution in [0.25, 0.3) is 65.3 Å². The molecule has 0 heterocycles.